The predicted molar refractivity (Wildman–Crippen MR) is 44.0 cm³/mol. The van der Waals surface area contributed by atoms with Crippen LogP contribution >= 0.6 is 12.6 Å². The smallest absolute Gasteiger partial charge is 0.143 e. The van der Waals surface area contributed by atoms with Crippen LogP contribution in [0.25, 0.3) is 0 Å². The lowest BCUT2D eigenvalue weighted by Gasteiger charge is -2.13. The molecule has 0 fully saturated rings. The zero-order chi connectivity index (χ0) is 7.61. The second kappa shape index (κ2) is 2.58. The minimum absolute atomic E-state index is 0.235. The molecule has 54 valence electrons. The molecule has 0 amide bonds. The zero-order valence-electron chi connectivity index (χ0n) is 6.07. The largest absolute Gasteiger partial charge is 0.240 e. The molecule has 2 nitrogen and oxygen atoms in total. The van der Waals surface area contributed by atoms with Crippen molar-refractivity contribution >= 4 is 12.6 Å². The Bertz CT molecular complexity index is 203. The third-order valence-electron chi connectivity index (χ3n) is 1.11. The lowest BCUT2D eigenvalue weighted by atomic mass is 10.2. The molecule has 0 saturated carbocycles. The summed E-state index contributed by atoms with van der Waals surface area (Å²) in [5.41, 5.74) is 0. The van der Waals surface area contributed by atoms with Crippen molar-refractivity contribution in [3.8, 4) is 0 Å². The van der Waals surface area contributed by atoms with Crippen molar-refractivity contribution in [3.05, 3.63) is 24.3 Å². The van der Waals surface area contributed by atoms with E-state index < -0.39 is 0 Å². The van der Waals surface area contributed by atoms with Crippen LogP contribution in [-0.4, -0.2) is 9.97 Å². The van der Waals surface area contributed by atoms with Gasteiger partial charge in [0.25, 0.3) is 0 Å². The molecule has 0 N–H and O–H groups in total. The maximum absolute atomic E-state index is 4.32. The minimum atomic E-state index is -0.235. The second-order valence-corrected chi connectivity index (χ2v) is 3.75. The van der Waals surface area contributed by atoms with Gasteiger partial charge in [0, 0.05) is 12.4 Å². The Kier molecular flexibility index (Phi) is 1.94. The molecule has 0 aliphatic carbocycles. The quantitative estimate of drug-likeness (QED) is 0.622. The molecule has 0 aromatic carbocycles. The van der Waals surface area contributed by atoms with Crippen LogP contribution in [0.4, 0.5) is 0 Å². The molecule has 1 heterocycles. The first kappa shape index (κ1) is 7.54. The van der Waals surface area contributed by atoms with Crippen LogP contribution in [0, 0.1) is 0 Å². The average molecular weight is 154 g/mol. The van der Waals surface area contributed by atoms with Crippen LogP contribution in [0.2, 0.25) is 0 Å². The molecule has 10 heavy (non-hydrogen) atoms. The predicted octanol–water partition coefficient (Wildman–Crippen LogP) is 1.64. The molecule has 0 bridgehead atoms. The summed E-state index contributed by atoms with van der Waals surface area (Å²) in [4.78, 5) is 8.12. The first-order chi connectivity index (χ1) is 4.61. The molecule has 0 radical (unpaired) electrons. The standard InChI is InChI=1S/C7H10N2S/c1-7(2,10)6-8-4-3-5-9-6/h3-5,10H,1-2H3. The van der Waals surface area contributed by atoms with Crippen molar-refractivity contribution in [3.63, 3.8) is 0 Å². The molecule has 0 spiro atoms. The van der Waals surface area contributed by atoms with Gasteiger partial charge in [-0.1, -0.05) is 0 Å². The molecule has 1 aromatic rings. The van der Waals surface area contributed by atoms with Crippen LogP contribution in [-0.2, 0) is 4.75 Å². The van der Waals surface area contributed by atoms with Crippen LogP contribution in [0.5, 0.6) is 0 Å². The lowest BCUT2D eigenvalue weighted by molar-refractivity contribution is 0.714. The highest BCUT2D eigenvalue weighted by molar-refractivity contribution is 7.81. The van der Waals surface area contributed by atoms with E-state index in [0.717, 1.165) is 5.82 Å². The molecule has 3 heteroatoms. The summed E-state index contributed by atoms with van der Waals surface area (Å²) in [6, 6.07) is 1.79. The average Bonchev–Trinajstić information content (AvgIpc) is 1.88. The van der Waals surface area contributed by atoms with Gasteiger partial charge < -0.3 is 0 Å². The van der Waals surface area contributed by atoms with E-state index >= 15 is 0 Å². The Morgan fingerprint density at radius 2 is 1.80 bits per heavy atom. The summed E-state index contributed by atoms with van der Waals surface area (Å²) < 4.78 is -0.235. The number of thiol groups is 1. The molecule has 0 aliphatic heterocycles. The Morgan fingerprint density at radius 1 is 1.30 bits per heavy atom. The van der Waals surface area contributed by atoms with Gasteiger partial charge in [0.15, 0.2) is 0 Å². The van der Waals surface area contributed by atoms with E-state index in [1.54, 1.807) is 18.5 Å². The fourth-order valence-corrected chi connectivity index (χ4v) is 0.730. The summed E-state index contributed by atoms with van der Waals surface area (Å²) in [7, 11) is 0. The van der Waals surface area contributed by atoms with Crippen molar-refractivity contribution < 1.29 is 0 Å². The first-order valence-electron chi connectivity index (χ1n) is 3.10. The van der Waals surface area contributed by atoms with E-state index in [1.165, 1.54) is 0 Å². The Hall–Kier alpha value is -0.570. The van der Waals surface area contributed by atoms with Crippen molar-refractivity contribution in [1.82, 2.24) is 9.97 Å². The van der Waals surface area contributed by atoms with Gasteiger partial charge in [-0.25, -0.2) is 9.97 Å². The molecule has 0 unspecified atom stereocenters. The summed E-state index contributed by atoms with van der Waals surface area (Å²) in [5, 5.41) is 0. The van der Waals surface area contributed by atoms with Gasteiger partial charge >= 0.3 is 0 Å². The van der Waals surface area contributed by atoms with E-state index in [-0.39, 0.29) is 4.75 Å². The van der Waals surface area contributed by atoms with Gasteiger partial charge in [-0.3, -0.25) is 0 Å². The fourth-order valence-electron chi connectivity index (χ4n) is 0.615. The fraction of sp³-hybridized carbons (Fsp3) is 0.429. The Morgan fingerprint density at radius 3 is 2.10 bits per heavy atom. The third-order valence-corrected chi connectivity index (χ3v) is 1.31. The summed E-state index contributed by atoms with van der Waals surface area (Å²) >= 11 is 4.32. The second-order valence-electron chi connectivity index (χ2n) is 2.63. The topological polar surface area (TPSA) is 25.8 Å². The van der Waals surface area contributed by atoms with Crippen LogP contribution < -0.4 is 0 Å². The van der Waals surface area contributed by atoms with Gasteiger partial charge in [-0.15, -0.1) is 0 Å². The zero-order valence-corrected chi connectivity index (χ0v) is 6.97. The Labute approximate surface area is 66.1 Å². The van der Waals surface area contributed by atoms with Crippen molar-refractivity contribution in [2.24, 2.45) is 0 Å². The van der Waals surface area contributed by atoms with Crippen LogP contribution in [0.15, 0.2) is 18.5 Å². The highest BCUT2D eigenvalue weighted by Crippen LogP contribution is 2.22. The van der Waals surface area contributed by atoms with Crippen molar-refractivity contribution in [1.29, 1.82) is 0 Å². The van der Waals surface area contributed by atoms with Crippen LogP contribution in [0.3, 0.4) is 0 Å². The number of aromatic nitrogens is 2. The molecule has 1 aromatic heterocycles. The van der Waals surface area contributed by atoms with E-state index in [9.17, 15) is 0 Å². The minimum Gasteiger partial charge on any atom is -0.240 e. The van der Waals surface area contributed by atoms with Gasteiger partial charge in [0.1, 0.15) is 5.82 Å². The van der Waals surface area contributed by atoms with Crippen molar-refractivity contribution in [2.45, 2.75) is 18.6 Å². The monoisotopic (exact) mass is 154 g/mol. The highest BCUT2D eigenvalue weighted by atomic mass is 32.1. The first-order valence-corrected chi connectivity index (χ1v) is 3.55. The van der Waals surface area contributed by atoms with E-state index in [1.807, 2.05) is 13.8 Å². The highest BCUT2D eigenvalue weighted by Gasteiger charge is 2.16. The molecular formula is C7H10N2S. The normalized spacial score (nSPS) is 11.5. The van der Waals surface area contributed by atoms with Gasteiger partial charge in [-0.2, -0.15) is 12.6 Å². The maximum Gasteiger partial charge on any atom is 0.143 e. The summed E-state index contributed by atoms with van der Waals surface area (Å²) in [6.07, 6.45) is 3.45. The summed E-state index contributed by atoms with van der Waals surface area (Å²) in [5.74, 6) is 0.762. The molecule has 0 saturated heterocycles. The number of nitrogens with zero attached hydrogens (tertiary/aromatic N) is 2. The molecule has 0 aliphatic rings. The molecule has 0 atom stereocenters. The van der Waals surface area contributed by atoms with E-state index in [0.29, 0.717) is 0 Å². The number of hydrogen-bond donors (Lipinski definition) is 1. The summed E-state index contributed by atoms with van der Waals surface area (Å²) in [6.45, 7) is 3.93. The van der Waals surface area contributed by atoms with Gasteiger partial charge in [0.05, 0.1) is 4.75 Å². The lowest BCUT2D eigenvalue weighted by Crippen LogP contribution is -2.11. The number of rotatable bonds is 1. The maximum atomic E-state index is 4.32. The van der Waals surface area contributed by atoms with Gasteiger partial charge in [0.2, 0.25) is 0 Å². The Balaban J connectivity index is 2.97. The number of hydrogen-bond acceptors (Lipinski definition) is 3. The van der Waals surface area contributed by atoms with Crippen LogP contribution in [0.1, 0.15) is 19.7 Å². The van der Waals surface area contributed by atoms with Gasteiger partial charge in [-0.05, 0) is 19.9 Å². The van der Waals surface area contributed by atoms with E-state index in [4.69, 9.17) is 0 Å². The molecule has 1 rings (SSSR count). The SMILES string of the molecule is CC(C)(S)c1ncccn1. The van der Waals surface area contributed by atoms with Crippen molar-refractivity contribution in [2.75, 3.05) is 0 Å². The molecular weight excluding hydrogens is 144 g/mol. The third kappa shape index (κ3) is 1.70. The van der Waals surface area contributed by atoms with E-state index in [2.05, 4.69) is 22.6 Å².